The lowest BCUT2D eigenvalue weighted by Gasteiger charge is -2.16. The quantitative estimate of drug-likeness (QED) is 0.833. The molecule has 0 amide bonds. The highest BCUT2D eigenvalue weighted by Gasteiger charge is 2.18. The summed E-state index contributed by atoms with van der Waals surface area (Å²) in [5, 5.41) is 10.8. The Morgan fingerprint density at radius 1 is 1.38 bits per heavy atom. The number of aliphatic hydroxyl groups is 1. The van der Waals surface area contributed by atoms with Crippen LogP contribution in [0.3, 0.4) is 0 Å². The number of benzene rings is 1. The molecular weight excluding hydrogens is 292 g/mol. The Labute approximate surface area is 131 Å². The number of ether oxygens (including phenoxy) is 3. The minimum atomic E-state index is -0.552. The molecule has 21 heavy (non-hydrogen) atoms. The lowest BCUT2D eigenvalue weighted by atomic mass is 10.0. The third-order valence-electron chi connectivity index (χ3n) is 3.87. The molecule has 1 aromatic rings. The molecule has 1 aliphatic rings. The molecule has 0 saturated carbocycles. The zero-order valence-electron chi connectivity index (χ0n) is 12.6. The van der Waals surface area contributed by atoms with Gasteiger partial charge in [-0.1, -0.05) is 11.6 Å². The van der Waals surface area contributed by atoms with Gasteiger partial charge in [-0.3, -0.25) is 0 Å². The number of halogens is 1. The molecule has 2 rings (SSSR count). The molecule has 1 saturated heterocycles. The Morgan fingerprint density at radius 3 is 2.81 bits per heavy atom. The van der Waals surface area contributed by atoms with Crippen molar-refractivity contribution in [2.24, 2.45) is 0 Å². The summed E-state index contributed by atoms with van der Waals surface area (Å²) in [6.07, 6.45) is 4.72. The van der Waals surface area contributed by atoms with Crippen LogP contribution in [0.15, 0.2) is 12.1 Å². The molecule has 4 nitrogen and oxygen atoms in total. The van der Waals surface area contributed by atoms with Gasteiger partial charge in [-0.05, 0) is 49.8 Å². The first kappa shape index (κ1) is 16.4. The van der Waals surface area contributed by atoms with Crippen LogP contribution in [-0.2, 0) is 4.74 Å². The normalized spacial score (nSPS) is 19.5. The average Bonchev–Trinajstić information content (AvgIpc) is 2.99. The molecule has 0 aromatic heterocycles. The van der Waals surface area contributed by atoms with Gasteiger partial charge in [-0.25, -0.2) is 0 Å². The van der Waals surface area contributed by atoms with E-state index >= 15 is 0 Å². The fraction of sp³-hybridized carbons (Fsp3) is 0.625. The zero-order valence-corrected chi connectivity index (χ0v) is 13.4. The lowest BCUT2D eigenvalue weighted by molar-refractivity contribution is 0.0944. The van der Waals surface area contributed by atoms with Crippen molar-refractivity contribution >= 4 is 11.6 Å². The molecule has 1 N–H and O–H groups in total. The van der Waals surface area contributed by atoms with Crippen LogP contribution in [0.1, 0.15) is 43.8 Å². The highest BCUT2D eigenvalue weighted by Crippen LogP contribution is 2.38. The monoisotopic (exact) mass is 314 g/mol. The molecule has 1 heterocycles. The number of methoxy groups -OCH3 is 2. The Morgan fingerprint density at radius 2 is 2.19 bits per heavy atom. The van der Waals surface area contributed by atoms with Crippen LogP contribution >= 0.6 is 11.6 Å². The SMILES string of the molecule is COc1cc(C(O)CCCC2CCCO2)cc(Cl)c1OC. The van der Waals surface area contributed by atoms with Crippen molar-refractivity contribution in [3.8, 4) is 11.5 Å². The second kappa shape index (κ2) is 7.87. The summed E-state index contributed by atoms with van der Waals surface area (Å²) in [5.74, 6) is 1.03. The fourth-order valence-electron chi connectivity index (χ4n) is 2.71. The second-order valence-electron chi connectivity index (χ2n) is 5.32. The Bertz CT molecular complexity index is 458. The van der Waals surface area contributed by atoms with Gasteiger partial charge in [0.1, 0.15) is 0 Å². The van der Waals surface area contributed by atoms with Crippen LogP contribution in [0.5, 0.6) is 11.5 Å². The van der Waals surface area contributed by atoms with Crippen molar-refractivity contribution in [3.05, 3.63) is 22.7 Å². The Kier molecular flexibility index (Phi) is 6.15. The van der Waals surface area contributed by atoms with Crippen molar-refractivity contribution < 1.29 is 19.3 Å². The average molecular weight is 315 g/mol. The Hall–Kier alpha value is -0.970. The Balaban J connectivity index is 1.94. The molecule has 2 atom stereocenters. The summed E-state index contributed by atoms with van der Waals surface area (Å²) in [5.41, 5.74) is 0.755. The predicted octanol–water partition coefficient (Wildman–Crippen LogP) is 3.74. The first-order valence-electron chi connectivity index (χ1n) is 7.36. The minimum absolute atomic E-state index is 0.367. The van der Waals surface area contributed by atoms with E-state index in [1.54, 1.807) is 26.4 Å². The maximum absolute atomic E-state index is 10.3. The highest BCUT2D eigenvalue weighted by molar-refractivity contribution is 6.32. The van der Waals surface area contributed by atoms with Gasteiger partial charge in [0.15, 0.2) is 11.5 Å². The van der Waals surface area contributed by atoms with E-state index in [1.165, 1.54) is 0 Å². The first-order valence-corrected chi connectivity index (χ1v) is 7.74. The molecule has 0 bridgehead atoms. The molecule has 0 radical (unpaired) electrons. The van der Waals surface area contributed by atoms with Crippen molar-refractivity contribution in [3.63, 3.8) is 0 Å². The summed E-state index contributed by atoms with van der Waals surface area (Å²) in [4.78, 5) is 0. The van der Waals surface area contributed by atoms with Crippen molar-refractivity contribution in [1.29, 1.82) is 0 Å². The number of rotatable bonds is 7. The summed E-state index contributed by atoms with van der Waals surface area (Å²) < 4.78 is 16.0. The summed E-state index contributed by atoms with van der Waals surface area (Å²) >= 11 is 6.16. The minimum Gasteiger partial charge on any atom is -0.493 e. The molecule has 1 aromatic carbocycles. The van der Waals surface area contributed by atoms with Gasteiger partial charge >= 0.3 is 0 Å². The molecule has 118 valence electrons. The van der Waals surface area contributed by atoms with E-state index in [1.807, 2.05) is 0 Å². The van der Waals surface area contributed by atoms with E-state index < -0.39 is 6.10 Å². The van der Waals surface area contributed by atoms with Crippen molar-refractivity contribution in [1.82, 2.24) is 0 Å². The van der Waals surface area contributed by atoms with Gasteiger partial charge < -0.3 is 19.3 Å². The van der Waals surface area contributed by atoms with E-state index in [4.69, 9.17) is 25.8 Å². The maximum Gasteiger partial charge on any atom is 0.179 e. The van der Waals surface area contributed by atoms with Gasteiger partial charge in [-0.15, -0.1) is 0 Å². The van der Waals surface area contributed by atoms with Gasteiger partial charge in [0, 0.05) is 6.61 Å². The number of hydrogen-bond acceptors (Lipinski definition) is 4. The lowest BCUT2D eigenvalue weighted by Crippen LogP contribution is -2.06. The van der Waals surface area contributed by atoms with Crippen LogP contribution < -0.4 is 9.47 Å². The maximum atomic E-state index is 10.3. The van der Waals surface area contributed by atoms with E-state index in [-0.39, 0.29) is 0 Å². The van der Waals surface area contributed by atoms with Crippen LogP contribution in [-0.4, -0.2) is 32.0 Å². The molecule has 1 fully saturated rings. The van der Waals surface area contributed by atoms with E-state index in [2.05, 4.69) is 0 Å². The van der Waals surface area contributed by atoms with Crippen LogP contribution in [0.4, 0.5) is 0 Å². The molecule has 2 unspecified atom stereocenters. The second-order valence-corrected chi connectivity index (χ2v) is 5.73. The molecule has 1 aliphatic heterocycles. The van der Waals surface area contributed by atoms with E-state index in [0.717, 1.165) is 37.9 Å². The van der Waals surface area contributed by atoms with Crippen LogP contribution in [0.25, 0.3) is 0 Å². The van der Waals surface area contributed by atoms with Gasteiger partial charge in [0.2, 0.25) is 0 Å². The summed E-state index contributed by atoms with van der Waals surface area (Å²) in [6, 6.07) is 3.51. The summed E-state index contributed by atoms with van der Waals surface area (Å²) in [7, 11) is 3.10. The van der Waals surface area contributed by atoms with Crippen LogP contribution in [0.2, 0.25) is 5.02 Å². The molecular formula is C16H23ClO4. The number of aliphatic hydroxyl groups excluding tert-OH is 1. The van der Waals surface area contributed by atoms with Gasteiger partial charge in [0.05, 0.1) is 31.5 Å². The highest BCUT2D eigenvalue weighted by atomic mass is 35.5. The zero-order chi connectivity index (χ0) is 15.2. The third-order valence-corrected chi connectivity index (χ3v) is 4.15. The van der Waals surface area contributed by atoms with Crippen molar-refractivity contribution in [2.75, 3.05) is 20.8 Å². The molecule has 0 spiro atoms. The first-order chi connectivity index (χ1) is 10.2. The predicted molar refractivity (Wildman–Crippen MR) is 82.3 cm³/mol. The largest absolute Gasteiger partial charge is 0.493 e. The standard InChI is InChI=1S/C16H23ClO4/c1-19-15-10-11(9-13(17)16(15)20-2)14(18)7-3-5-12-6-4-8-21-12/h9-10,12,14,18H,3-8H2,1-2H3. The third kappa shape index (κ3) is 4.25. The molecule has 0 aliphatic carbocycles. The van der Waals surface area contributed by atoms with Gasteiger partial charge in [0.25, 0.3) is 0 Å². The van der Waals surface area contributed by atoms with Crippen molar-refractivity contribution in [2.45, 2.75) is 44.3 Å². The van der Waals surface area contributed by atoms with Gasteiger partial charge in [-0.2, -0.15) is 0 Å². The number of hydrogen-bond donors (Lipinski definition) is 1. The summed E-state index contributed by atoms with van der Waals surface area (Å²) in [6.45, 7) is 0.874. The van der Waals surface area contributed by atoms with E-state index in [0.29, 0.717) is 29.0 Å². The van der Waals surface area contributed by atoms with Crippen LogP contribution in [0, 0.1) is 0 Å². The topological polar surface area (TPSA) is 47.9 Å². The fourth-order valence-corrected chi connectivity index (χ4v) is 3.00. The molecule has 5 heteroatoms. The smallest absolute Gasteiger partial charge is 0.179 e. The van der Waals surface area contributed by atoms with E-state index in [9.17, 15) is 5.11 Å².